The molecular weight excluding hydrogens is 342 g/mol. The summed E-state index contributed by atoms with van der Waals surface area (Å²) in [5, 5.41) is 18.4. The van der Waals surface area contributed by atoms with Crippen molar-refractivity contribution in [2.75, 3.05) is 11.9 Å². The van der Waals surface area contributed by atoms with E-state index in [4.69, 9.17) is 0 Å². The van der Waals surface area contributed by atoms with Gasteiger partial charge in [0.15, 0.2) is 0 Å². The summed E-state index contributed by atoms with van der Waals surface area (Å²) in [5.74, 6) is 0.690. The highest BCUT2D eigenvalue weighted by Crippen LogP contribution is 2.41. The van der Waals surface area contributed by atoms with Gasteiger partial charge in [-0.1, -0.05) is 26.8 Å². The van der Waals surface area contributed by atoms with Crippen molar-refractivity contribution in [1.29, 1.82) is 0 Å². The Morgan fingerprint density at radius 1 is 1.33 bits per heavy atom. The molecule has 0 amide bonds. The summed E-state index contributed by atoms with van der Waals surface area (Å²) in [6, 6.07) is 5.43. The van der Waals surface area contributed by atoms with Crippen molar-refractivity contribution in [2.24, 2.45) is 11.3 Å². The van der Waals surface area contributed by atoms with E-state index in [9.17, 15) is 14.9 Å². The molecule has 0 aromatic heterocycles. The fourth-order valence-electron chi connectivity index (χ4n) is 5.22. The topological polar surface area (TPSA) is 84.3 Å². The number of ketones is 1. The Hall–Kier alpha value is -1.95. The van der Waals surface area contributed by atoms with Crippen LogP contribution in [0.1, 0.15) is 64.9 Å². The van der Waals surface area contributed by atoms with Crippen LogP contribution >= 0.6 is 0 Å². The van der Waals surface area contributed by atoms with Gasteiger partial charge in [0.25, 0.3) is 5.69 Å². The quantitative estimate of drug-likeness (QED) is 0.595. The molecular formula is C21H31N3O3. The maximum Gasteiger partial charge on any atom is 0.292 e. The molecule has 1 aromatic rings. The number of nitrogens with one attached hydrogen (secondary N) is 2. The highest BCUT2D eigenvalue weighted by atomic mass is 16.6. The van der Waals surface area contributed by atoms with Gasteiger partial charge in [-0.25, -0.2) is 0 Å². The van der Waals surface area contributed by atoms with Crippen LogP contribution < -0.4 is 10.6 Å². The molecule has 2 fully saturated rings. The van der Waals surface area contributed by atoms with Gasteiger partial charge >= 0.3 is 0 Å². The van der Waals surface area contributed by atoms with Crippen molar-refractivity contribution in [3.63, 3.8) is 0 Å². The molecule has 2 N–H and O–H groups in total. The van der Waals surface area contributed by atoms with Crippen molar-refractivity contribution < 1.29 is 9.72 Å². The lowest BCUT2D eigenvalue weighted by atomic mass is 9.70. The first-order valence-electron chi connectivity index (χ1n) is 9.95. The molecule has 4 atom stereocenters. The van der Waals surface area contributed by atoms with E-state index in [2.05, 4.69) is 31.4 Å². The van der Waals surface area contributed by atoms with Crippen molar-refractivity contribution in [3.05, 3.63) is 33.9 Å². The van der Waals surface area contributed by atoms with Crippen LogP contribution in [-0.2, 0) is 4.79 Å². The summed E-state index contributed by atoms with van der Waals surface area (Å²) in [6.45, 7) is 9.12. The Kier molecular flexibility index (Phi) is 5.56. The number of carbonyl (C=O) groups excluding carboxylic acids is 1. The van der Waals surface area contributed by atoms with E-state index in [1.807, 2.05) is 12.1 Å². The van der Waals surface area contributed by atoms with Crippen molar-refractivity contribution in [3.8, 4) is 0 Å². The lowest BCUT2D eigenvalue weighted by Crippen LogP contribution is -2.35. The number of benzene rings is 1. The number of hydrogen-bond donors (Lipinski definition) is 2. The summed E-state index contributed by atoms with van der Waals surface area (Å²) in [4.78, 5) is 23.3. The van der Waals surface area contributed by atoms with Gasteiger partial charge in [0.2, 0.25) is 0 Å². The summed E-state index contributed by atoms with van der Waals surface area (Å²) < 4.78 is 0. The molecule has 27 heavy (non-hydrogen) atoms. The van der Waals surface area contributed by atoms with Gasteiger partial charge in [0, 0.05) is 18.0 Å². The van der Waals surface area contributed by atoms with Gasteiger partial charge < -0.3 is 10.6 Å². The van der Waals surface area contributed by atoms with Crippen LogP contribution in [0, 0.1) is 21.4 Å². The van der Waals surface area contributed by atoms with E-state index in [0.29, 0.717) is 11.6 Å². The van der Waals surface area contributed by atoms with E-state index in [-0.39, 0.29) is 39.8 Å². The zero-order chi connectivity index (χ0) is 19.8. The molecule has 1 saturated heterocycles. The molecule has 1 heterocycles. The largest absolute Gasteiger partial charge is 0.377 e. The Morgan fingerprint density at radius 3 is 2.70 bits per heavy atom. The van der Waals surface area contributed by atoms with Crippen LogP contribution in [0.4, 0.5) is 11.4 Å². The standard InChI is InChI=1S/C21H31N3O3/c1-13-9-16(12-21(3,4)11-13)23-18-6-5-15(10-19(18)24(26)27)17-7-8-22-20(17)14(2)25/h5-6,10,13,16-17,20,22-23H,7-9,11-12H2,1-4H3/t13-,16+,17?,20+/m0/s1. The monoisotopic (exact) mass is 373 g/mol. The Labute approximate surface area is 161 Å². The molecule has 1 aliphatic heterocycles. The molecule has 6 heteroatoms. The van der Waals surface area contributed by atoms with Gasteiger partial charge in [0.1, 0.15) is 11.5 Å². The highest BCUT2D eigenvalue weighted by Gasteiger charge is 2.35. The first kappa shape index (κ1) is 19.8. The maximum absolute atomic E-state index is 11.9. The normalized spacial score (nSPS) is 30.1. The van der Waals surface area contributed by atoms with Crippen molar-refractivity contribution in [2.45, 2.75) is 71.4 Å². The Balaban J connectivity index is 1.84. The second-order valence-corrected chi connectivity index (χ2v) is 9.23. The first-order valence-corrected chi connectivity index (χ1v) is 9.95. The minimum Gasteiger partial charge on any atom is -0.377 e. The lowest BCUT2D eigenvalue weighted by Gasteiger charge is -2.39. The van der Waals surface area contributed by atoms with Crippen LogP contribution in [-0.4, -0.2) is 29.3 Å². The molecule has 1 aliphatic carbocycles. The molecule has 1 unspecified atom stereocenters. The van der Waals surface area contributed by atoms with Crippen LogP contribution in [0.3, 0.4) is 0 Å². The predicted molar refractivity (Wildman–Crippen MR) is 107 cm³/mol. The summed E-state index contributed by atoms with van der Waals surface area (Å²) in [7, 11) is 0. The van der Waals surface area contributed by atoms with Crippen LogP contribution in [0.15, 0.2) is 18.2 Å². The smallest absolute Gasteiger partial charge is 0.292 e. The number of nitro groups is 1. The maximum atomic E-state index is 11.9. The number of nitro benzene ring substituents is 1. The average molecular weight is 373 g/mol. The van der Waals surface area contributed by atoms with Gasteiger partial charge in [-0.05, 0) is 62.1 Å². The number of hydrogen-bond acceptors (Lipinski definition) is 5. The third-order valence-corrected chi connectivity index (χ3v) is 6.05. The third-order valence-electron chi connectivity index (χ3n) is 6.05. The van der Waals surface area contributed by atoms with Gasteiger partial charge in [-0.2, -0.15) is 0 Å². The van der Waals surface area contributed by atoms with E-state index in [1.165, 1.54) is 6.42 Å². The van der Waals surface area contributed by atoms with Gasteiger partial charge in [-0.15, -0.1) is 0 Å². The van der Waals surface area contributed by atoms with Crippen molar-refractivity contribution in [1.82, 2.24) is 5.32 Å². The number of rotatable bonds is 5. The van der Waals surface area contributed by atoms with Crippen LogP contribution in [0.5, 0.6) is 0 Å². The van der Waals surface area contributed by atoms with Crippen LogP contribution in [0.2, 0.25) is 0 Å². The summed E-state index contributed by atoms with van der Waals surface area (Å²) in [6.07, 6.45) is 4.05. The molecule has 1 saturated carbocycles. The zero-order valence-electron chi connectivity index (χ0n) is 16.7. The van der Waals surface area contributed by atoms with E-state index >= 15 is 0 Å². The molecule has 0 radical (unpaired) electrons. The SMILES string of the molecule is CC(=O)[C@H]1NCCC1c1ccc(N[C@@H]2C[C@H](C)CC(C)(C)C2)c([N+](=O)[O-])c1. The predicted octanol–water partition coefficient (Wildman–Crippen LogP) is 4.26. The number of nitrogens with zero attached hydrogens (tertiary/aromatic N) is 1. The number of carbonyl (C=O) groups is 1. The third kappa shape index (κ3) is 4.49. The van der Waals surface area contributed by atoms with Gasteiger partial charge in [-0.3, -0.25) is 14.9 Å². The zero-order valence-corrected chi connectivity index (χ0v) is 16.7. The minimum atomic E-state index is -0.311. The van der Waals surface area contributed by atoms with Crippen molar-refractivity contribution >= 4 is 17.2 Å². The summed E-state index contributed by atoms with van der Waals surface area (Å²) in [5.41, 5.74) is 1.81. The minimum absolute atomic E-state index is 0.00360. The number of anilines is 1. The first-order chi connectivity index (χ1) is 12.7. The molecule has 0 bridgehead atoms. The molecule has 3 rings (SSSR count). The fraction of sp³-hybridized carbons (Fsp3) is 0.667. The summed E-state index contributed by atoms with van der Waals surface area (Å²) >= 11 is 0. The van der Waals surface area contributed by atoms with E-state index < -0.39 is 0 Å². The molecule has 0 spiro atoms. The Bertz CT molecular complexity index is 731. The molecule has 1 aromatic carbocycles. The fourth-order valence-corrected chi connectivity index (χ4v) is 5.22. The van der Waals surface area contributed by atoms with E-state index in [0.717, 1.165) is 31.4 Å². The average Bonchev–Trinajstić information content (AvgIpc) is 3.02. The van der Waals surface area contributed by atoms with E-state index in [1.54, 1.807) is 13.0 Å². The lowest BCUT2D eigenvalue weighted by molar-refractivity contribution is -0.384. The van der Waals surface area contributed by atoms with Crippen LogP contribution in [0.25, 0.3) is 0 Å². The second kappa shape index (κ2) is 7.58. The van der Waals surface area contributed by atoms with Gasteiger partial charge in [0.05, 0.1) is 11.0 Å². The molecule has 6 nitrogen and oxygen atoms in total. The second-order valence-electron chi connectivity index (χ2n) is 9.23. The highest BCUT2D eigenvalue weighted by molar-refractivity contribution is 5.83. The Morgan fingerprint density at radius 2 is 2.07 bits per heavy atom. The molecule has 148 valence electrons. The number of Topliss-reactive ketones (excluding diaryl/α,β-unsaturated/α-hetero) is 1. The molecule has 2 aliphatic rings.